The molecule has 2 aromatic rings. The largest absolute Gasteiger partial charge is 0.370 e. The molecule has 8 amide bonds. The second-order valence-electron chi connectivity index (χ2n) is 29.1. The van der Waals surface area contributed by atoms with Crippen molar-refractivity contribution in [3.8, 4) is 0 Å². The van der Waals surface area contributed by atoms with Crippen LogP contribution in [-0.2, 0) is 70.4 Å². The fourth-order valence-electron chi connectivity index (χ4n) is 10.5. The van der Waals surface area contributed by atoms with E-state index >= 15 is 0 Å². The summed E-state index contributed by atoms with van der Waals surface area (Å²) in [5.41, 5.74) is 12.8. The van der Waals surface area contributed by atoms with Crippen LogP contribution in [0, 0.1) is 29.6 Å². The van der Waals surface area contributed by atoms with E-state index in [0.717, 1.165) is 24.0 Å². The lowest BCUT2D eigenvalue weighted by Gasteiger charge is -2.27. The smallest absolute Gasteiger partial charge is 0.242 e. The summed E-state index contributed by atoms with van der Waals surface area (Å²) >= 11 is 0. The Hall–Kier alpha value is -7.32. The maximum absolute atomic E-state index is 13.0. The van der Waals surface area contributed by atoms with Crippen molar-refractivity contribution in [1.29, 1.82) is 0 Å². The van der Waals surface area contributed by atoms with E-state index in [1.54, 1.807) is 20.8 Å². The van der Waals surface area contributed by atoms with Gasteiger partial charge >= 0.3 is 0 Å². The summed E-state index contributed by atoms with van der Waals surface area (Å²) in [5, 5.41) is 32.3. The molecule has 0 aliphatic carbocycles. The Labute approximate surface area is 611 Å². The molecule has 0 radical (unpaired) electrons. The van der Waals surface area contributed by atoms with Crippen LogP contribution < -0.4 is 70.0 Å². The third-order valence-electron chi connectivity index (χ3n) is 15.8. The van der Waals surface area contributed by atoms with Gasteiger partial charge in [-0.1, -0.05) is 185 Å². The maximum atomic E-state index is 13.0. The SMILES string of the molecule is CC(=O)NCCC[C@H](NC(=O)[C@@H](NC(C)C)C(C)C)C(=O)C(C)C.CC(=O)NCCC[C@H](NC(=O)[C@H](Cc1ccccc1)NC(C)C)C(=O)C(C)C.CC(C)N[C@@H](C)C(=O)N[C@@H](C)C(=O)N[C@@H](CC(N)=O)C(=O)C(C)C.CC(C)N[C@@H](Cc1ccccc1)C(=O)N[C@@H](CCCCN)C(=O)C(C)C. The second-order valence-corrected chi connectivity index (χ2v) is 29.1. The summed E-state index contributed by atoms with van der Waals surface area (Å²) in [5.74, 6) is -2.97. The molecule has 0 aromatic heterocycles. The van der Waals surface area contributed by atoms with Gasteiger partial charge in [0, 0.05) is 74.8 Å². The van der Waals surface area contributed by atoms with E-state index in [4.69, 9.17) is 11.5 Å². The number of Topliss-reactive ketones (excluding diaryl/α,β-unsaturated/α-hetero) is 4. The van der Waals surface area contributed by atoms with E-state index in [2.05, 4.69) is 58.5 Å². The average Bonchev–Trinajstić information content (AvgIpc) is 0.888. The Balaban J connectivity index is 0. The van der Waals surface area contributed by atoms with Crippen molar-refractivity contribution in [3.63, 3.8) is 0 Å². The molecule has 25 nitrogen and oxygen atoms in total. The van der Waals surface area contributed by atoms with Gasteiger partial charge in [-0.15, -0.1) is 0 Å². The second kappa shape index (κ2) is 53.5. The minimum absolute atomic E-state index is 0.0131. The van der Waals surface area contributed by atoms with Crippen LogP contribution in [0.5, 0.6) is 0 Å². The molecule has 0 spiro atoms. The average molecular weight is 1440 g/mol. The number of amides is 8. The monoisotopic (exact) mass is 1430 g/mol. The van der Waals surface area contributed by atoms with Crippen molar-refractivity contribution in [3.05, 3.63) is 71.8 Å². The van der Waals surface area contributed by atoms with E-state index in [-0.39, 0.29) is 131 Å². The first-order valence-corrected chi connectivity index (χ1v) is 36.8. The molecule has 0 aliphatic rings. The molecule has 0 saturated heterocycles. The lowest BCUT2D eigenvalue weighted by atomic mass is 9.96. The van der Waals surface area contributed by atoms with Gasteiger partial charge in [0.15, 0.2) is 23.1 Å². The highest BCUT2D eigenvalue weighted by atomic mass is 16.2. The highest BCUT2D eigenvalue weighted by Crippen LogP contribution is 2.14. The number of primary amides is 1. The predicted molar refractivity (Wildman–Crippen MR) is 406 cm³/mol. The van der Waals surface area contributed by atoms with Crippen LogP contribution in [0.1, 0.15) is 215 Å². The lowest BCUT2D eigenvalue weighted by molar-refractivity contribution is -0.133. The third kappa shape index (κ3) is 44.9. The summed E-state index contributed by atoms with van der Waals surface area (Å²) < 4.78 is 0. The standard InChI is InChI=1S/C22H35N3O3.C21H35N3O2.C18H35N3O3.C16H30N4O4/c1-15(2)21(27)19(12-9-13-23-17(5)26)25-22(28)20(24-16(3)4)14-18-10-7-6-8-11-18;1-15(2)20(25)18(12-8-9-13-22)24-21(26)19(23-16(3)4)14-17-10-6-5-7-11-17;1-11(2)16(20-13(5)6)18(24)21-15(17(23)12(3)4)9-8-10-19-14(7)22;1-8(2)14(22)12(7-13(17)21)20-16(24)11(6)19-15(23)10(5)18-9(3)4/h6-8,10-11,15-16,19-20,24H,9,12-14H2,1-5H3,(H,23,26)(H,25,28);5-7,10-11,15-16,18-19,23H,8-9,12-14,22H2,1-4H3,(H,24,26);11-13,15-16,20H,8-10H2,1-7H3,(H,19,22)(H,21,24);8-12,18H,7H2,1-6H3,(H2,17,21)(H,19,23)(H,20,24)/t19-,20-;18-,19-;15-,16-;10-,11-,12-/m0000/s1. The quantitative estimate of drug-likeness (QED) is 0.0351. The molecule has 0 fully saturated rings. The molecular weight excluding hydrogens is 1300 g/mol. The van der Waals surface area contributed by atoms with Gasteiger partial charge in [0.1, 0.15) is 6.04 Å². The zero-order chi connectivity index (χ0) is 78.5. The zero-order valence-corrected chi connectivity index (χ0v) is 65.9. The first-order valence-electron chi connectivity index (χ1n) is 36.8. The van der Waals surface area contributed by atoms with Gasteiger partial charge in [0.05, 0.1) is 54.8 Å². The molecule has 0 bridgehead atoms. The van der Waals surface area contributed by atoms with Crippen molar-refractivity contribution in [2.24, 2.45) is 41.1 Å². The van der Waals surface area contributed by atoms with Gasteiger partial charge in [-0.25, -0.2) is 0 Å². The number of carbonyl (C=O) groups is 12. The van der Waals surface area contributed by atoms with Crippen molar-refractivity contribution in [2.45, 2.75) is 295 Å². The fraction of sp³-hybridized carbons (Fsp3) is 0.688. The van der Waals surface area contributed by atoms with Gasteiger partial charge in [0.2, 0.25) is 47.3 Å². The van der Waals surface area contributed by atoms with E-state index in [0.29, 0.717) is 64.6 Å². The van der Waals surface area contributed by atoms with E-state index in [1.165, 1.54) is 20.8 Å². The van der Waals surface area contributed by atoms with E-state index < -0.39 is 54.1 Å². The molecule has 9 atom stereocenters. The van der Waals surface area contributed by atoms with Crippen LogP contribution in [-0.4, -0.2) is 169 Å². The molecule has 0 heterocycles. The van der Waals surface area contributed by atoms with Crippen molar-refractivity contribution in [1.82, 2.24) is 58.5 Å². The molecule has 2 rings (SSSR count). The summed E-state index contributed by atoms with van der Waals surface area (Å²) in [4.78, 5) is 145. The number of hydrogen-bond donors (Lipinski definition) is 13. The predicted octanol–water partition coefficient (Wildman–Crippen LogP) is 5.75. The minimum atomic E-state index is -0.986. The summed E-state index contributed by atoms with van der Waals surface area (Å²) in [6.07, 6.45) is 5.51. The zero-order valence-electron chi connectivity index (χ0n) is 65.9. The first-order chi connectivity index (χ1) is 47.6. The summed E-state index contributed by atoms with van der Waals surface area (Å²) in [6, 6.07) is 15.5. The molecule has 102 heavy (non-hydrogen) atoms. The number of rotatable bonds is 45. The summed E-state index contributed by atoms with van der Waals surface area (Å²) in [6.45, 7) is 42.0. The molecule has 0 saturated carbocycles. The van der Waals surface area contributed by atoms with Crippen LogP contribution in [0.3, 0.4) is 0 Å². The van der Waals surface area contributed by atoms with Crippen LogP contribution in [0.15, 0.2) is 60.7 Å². The Morgan fingerprint density at radius 3 is 0.990 bits per heavy atom. The number of unbranched alkanes of at least 4 members (excludes halogenated alkanes) is 1. The van der Waals surface area contributed by atoms with Crippen molar-refractivity contribution in [2.75, 3.05) is 19.6 Å². The molecule has 2 aromatic carbocycles. The number of benzene rings is 2. The Kier molecular flexibility index (Phi) is 50.7. The Morgan fingerprint density at radius 2 is 0.676 bits per heavy atom. The highest BCUT2D eigenvalue weighted by Gasteiger charge is 2.32. The maximum Gasteiger partial charge on any atom is 0.242 e. The highest BCUT2D eigenvalue weighted by molar-refractivity contribution is 5.97. The molecular formula is C77H135N13O12. The Morgan fingerprint density at radius 1 is 0.353 bits per heavy atom. The number of hydrogen-bond acceptors (Lipinski definition) is 17. The fourth-order valence-corrected chi connectivity index (χ4v) is 10.5. The van der Waals surface area contributed by atoms with Crippen LogP contribution in [0.2, 0.25) is 0 Å². The lowest BCUT2D eigenvalue weighted by Crippen LogP contribution is -2.54. The van der Waals surface area contributed by atoms with Crippen LogP contribution in [0.25, 0.3) is 0 Å². The van der Waals surface area contributed by atoms with Gasteiger partial charge in [-0.05, 0) is 95.2 Å². The first kappa shape index (κ1) is 96.7. The molecule has 15 N–H and O–H groups in total. The Bertz CT molecular complexity index is 2820. The van der Waals surface area contributed by atoms with Crippen LogP contribution >= 0.6 is 0 Å². The van der Waals surface area contributed by atoms with Gasteiger partial charge < -0.3 is 70.0 Å². The summed E-state index contributed by atoms with van der Waals surface area (Å²) in [7, 11) is 0. The number of nitrogens with two attached hydrogens (primary N) is 2. The molecule has 0 aliphatic heterocycles. The molecule has 0 unspecified atom stereocenters. The van der Waals surface area contributed by atoms with E-state index in [9.17, 15) is 57.5 Å². The number of ketones is 4. The van der Waals surface area contributed by atoms with Gasteiger partial charge in [0.25, 0.3) is 0 Å². The number of nitrogens with one attached hydrogen (secondary N) is 11. The minimum Gasteiger partial charge on any atom is -0.370 e. The molecule has 580 valence electrons. The van der Waals surface area contributed by atoms with Crippen molar-refractivity contribution < 1.29 is 57.5 Å². The van der Waals surface area contributed by atoms with E-state index in [1.807, 2.05) is 171 Å². The van der Waals surface area contributed by atoms with Crippen LogP contribution in [0.4, 0.5) is 0 Å². The van der Waals surface area contributed by atoms with Gasteiger partial charge in [-0.2, -0.15) is 0 Å². The van der Waals surface area contributed by atoms with Gasteiger partial charge in [-0.3, -0.25) is 57.5 Å². The number of carbonyl (C=O) groups excluding carboxylic acids is 12. The third-order valence-corrected chi connectivity index (χ3v) is 15.8. The normalized spacial score (nSPS) is 13.9. The van der Waals surface area contributed by atoms with Crippen molar-refractivity contribution >= 4 is 70.4 Å². The topological polar surface area (TPSA) is 389 Å². The molecule has 25 heteroatoms.